The zero-order chi connectivity index (χ0) is 21.1. The Balaban J connectivity index is 1.86. The number of nitriles is 1. The molecule has 2 aromatic heterocycles. The number of piperidine rings is 1. The van der Waals surface area contributed by atoms with Crippen molar-refractivity contribution < 1.29 is 9.53 Å². The van der Waals surface area contributed by atoms with Gasteiger partial charge in [-0.05, 0) is 43.9 Å². The number of hydrogen-bond acceptors (Lipinski definition) is 6. The maximum absolute atomic E-state index is 13.4. The van der Waals surface area contributed by atoms with Crippen LogP contribution in [0.3, 0.4) is 0 Å². The summed E-state index contributed by atoms with van der Waals surface area (Å²) in [5.41, 5.74) is 1.40. The lowest BCUT2D eigenvalue weighted by molar-refractivity contribution is -0.127. The van der Waals surface area contributed by atoms with Crippen LogP contribution in [0.15, 0.2) is 28.7 Å². The summed E-state index contributed by atoms with van der Waals surface area (Å²) >= 11 is 0. The molecule has 2 aliphatic heterocycles. The normalized spacial score (nSPS) is 17.8. The Kier molecular flexibility index (Phi) is 5.81. The summed E-state index contributed by atoms with van der Waals surface area (Å²) in [5.74, 6) is 0.177. The van der Waals surface area contributed by atoms with E-state index in [1.165, 1.54) is 10.5 Å². The van der Waals surface area contributed by atoms with Gasteiger partial charge in [-0.3, -0.25) is 14.0 Å². The first kappa shape index (κ1) is 20.1. The molecule has 8 nitrogen and oxygen atoms in total. The summed E-state index contributed by atoms with van der Waals surface area (Å²) in [7, 11) is 0. The van der Waals surface area contributed by atoms with Crippen molar-refractivity contribution in [1.82, 2.24) is 14.3 Å². The largest absolute Gasteiger partial charge is 0.378 e. The number of aromatic nitrogens is 2. The van der Waals surface area contributed by atoms with Crippen molar-refractivity contribution in [3.63, 3.8) is 0 Å². The third kappa shape index (κ3) is 3.81. The molecular weight excluding hydrogens is 382 g/mol. The number of amides is 1. The zero-order valence-corrected chi connectivity index (χ0v) is 17.1. The lowest BCUT2D eigenvalue weighted by atomic mass is 10.1. The fraction of sp³-hybridized carbons (Fsp3) is 0.455. The Labute approximate surface area is 175 Å². The van der Waals surface area contributed by atoms with Crippen LogP contribution in [0.25, 0.3) is 11.7 Å². The average molecular weight is 407 g/mol. The van der Waals surface area contributed by atoms with E-state index in [1.54, 1.807) is 17.2 Å². The Bertz CT molecular complexity index is 1090. The van der Waals surface area contributed by atoms with Gasteiger partial charge in [0.2, 0.25) is 0 Å². The summed E-state index contributed by atoms with van der Waals surface area (Å²) < 4.78 is 6.92. The number of aryl methyl sites for hydroxylation is 1. The molecule has 0 unspecified atom stereocenters. The van der Waals surface area contributed by atoms with E-state index >= 15 is 0 Å². The fourth-order valence-corrected chi connectivity index (χ4v) is 4.00. The molecule has 4 heterocycles. The van der Waals surface area contributed by atoms with E-state index in [0.29, 0.717) is 50.9 Å². The van der Waals surface area contributed by atoms with Crippen molar-refractivity contribution >= 4 is 23.4 Å². The summed E-state index contributed by atoms with van der Waals surface area (Å²) in [5, 5.41) is 9.71. The molecule has 0 atom stereocenters. The van der Waals surface area contributed by atoms with Gasteiger partial charge in [0.1, 0.15) is 23.1 Å². The van der Waals surface area contributed by atoms with Gasteiger partial charge in [0.25, 0.3) is 11.5 Å². The van der Waals surface area contributed by atoms with Gasteiger partial charge < -0.3 is 14.5 Å². The number of fused-ring (bicyclic) bond motifs is 1. The minimum Gasteiger partial charge on any atom is -0.378 e. The summed E-state index contributed by atoms with van der Waals surface area (Å²) in [6.07, 6.45) is 6.04. The van der Waals surface area contributed by atoms with Crippen molar-refractivity contribution in [3.05, 3.63) is 45.4 Å². The summed E-state index contributed by atoms with van der Waals surface area (Å²) in [6.45, 7) is 5.45. The molecule has 0 N–H and O–H groups in total. The third-order valence-corrected chi connectivity index (χ3v) is 5.66. The molecule has 156 valence electrons. The maximum atomic E-state index is 13.4. The monoisotopic (exact) mass is 407 g/mol. The second-order valence-corrected chi connectivity index (χ2v) is 7.66. The molecule has 8 heteroatoms. The van der Waals surface area contributed by atoms with Crippen molar-refractivity contribution in [3.8, 4) is 6.07 Å². The molecule has 0 saturated carbocycles. The van der Waals surface area contributed by atoms with E-state index in [1.807, 2.05) is 24.0 Å². The Hall–Kier alpha value is -3.18. The van der Waals surface area contributed by atoms with Crippen LogP contribution in [-0.2, 0) is 9.53 Å². The zero-order valence-electron chi connectivity index (χ0n) is 17.1. The van der Waals surface area contributed by atoms with Gasteiger partial charge in [-0.2, -0.15) is 5.26 Å². The van der Waals surface area contributed by atoms with Gasteiger partial charge in [0.05, 0.1) is 18.8 Å². The second-order valence-electron chi connectivity index (χ2n) is 7.66. The average Bonchev–Trinajstić information content (AvgIpc) is 2.79. The van der Waals surface area contributed by atoms with Crippen LogP contribution in [0, 0.1) is 18.3 Å². The third-order valence-electron chi connectivity index (χ3n) is 5.66. The van der Waals surface area contributed by atoms with Crippen LogP contribution < -0.4 is 10.5 Å². The minimum absolute atomic E-state index is 0.0297. The Morgan fingerprint density at radius 1 is 1.20 bits per heavy atom. The number of rotatable bonds is 3. The molecule has 1 amide bonds. The van der Waals surface area contributed by atoms with Crippen LogP contribution in [0.2, 0.25) is 0 Å². The lowest BCUT2D eigenvalue weighted by Gasteiger charge is -2.29. The quantitative estimate of drug-likeness (QED) is 0.569. The number of likely N-dealkylation sites (tertiary alicyclic amines) is 1. The van der Waals surface area contributed by atoms with Crippen LogP contribution in [0.1, 0.15) is 30.4 Å². The number of nitrogens with zero attached hydrogens (tertiary/aromatic N) is 5. The number of morpholine rings is 1. The molecule has 2 saturated heterocycles. The van der Waals surface area contributed by atoms with Crippen LogP contribution in [-0.4, -0.2) is 59.6 Å². The number of carbonyl (C=O) groups excluding carboxylic acids is 1. The first-order chi connectivity index (χ1) is 14.6. The highest BCUT2D eigenvalue weighted by molar-refractivity contribution is 6.02. The van der Waals surface area contributed by atoms with Gasteiger partial charge >= 0.3 is 0 Å². The van der Waals surface area contributed by atoms with Gasteiger partial charge in [-0.25, -0.2) is 4.98 Å². The SMILES string of the molecule is Cc1cccn2c(=O)c(/C=C(\C#N)C(=O)N3CCCCC3)c(N3CCOCC3)nc12. The molecule has 2 aromatic rings. The molecule has 0 aromatic carbocycles. The van der Waals surface area contributed by atoms with Gasteiger partial charge in [-0.15, -0.1) is 0 Å². The van der Waals surface area contributed by atoms with Crippen LogP contribution in [0.4, 0.5) is 5.82 Å². The van der Waals surface area contributed by atoms with E-state index < -0.39 is 0 Å². The Morgan fingerprint density at radius 3 is 2.63 bits per heavy atom. The second kappa shape index (κ2) is 8.67. The molecule has 0 aliphatic carbocycles. The molecular formula is C22H25N5O3. The highest BCUT2D eigenvalue weighted by atomic mass is 16.5. The van der Waals surface area contributed by atoms with E-state index in [0.717, 1.165) is 24.8 Å². The van der Waals surface area contributed by atoms with Gasteiger partial charge in [-0.1, -0.05) is 6.07 Å². The fourth-order valence-electron chi connectivity index (χ4n) is 4.00. The first-order valence-corrected chi connectivity index (χ1v) is 10.4. The van der Waals surface area contributed by atoms with E-state index in [9.17, 15) is 14.9 Å². The molecule has 0 spiro atoms. The number of hydrogen-bond donors (Lipinski definition) is 0. The smallest absolute Gasteiger partial charge is 0.267 e. The molecule has 0 bridgehead atoms. The van der Waals surface area contributed by atoms with E-state index in [2.05, 4.69) is 0 Å². The van der Waals surface area contributed by atoms with Crippen LogP contribution >= 0.6 is 0 Å². The maximum Gasteiger partial charge on any atom is 0.267 e. The van der Waals surface area contributed by atoms with Gasteiger partial charge in [0, 0.05) is 32.4 Å². The predicted molar refractivity (Wildman–Crippen MR) is 113 cm³/mol. The molecule has 2 aliphatic rings. The summed E-state index contributed by atoms with van der Waals surface area (Å²) in [6, 6.07) is 5.71. The number of pyridine rings is 1. The van der Waals surface area contributed by atoms with Crippen molar-refractivity contribution in [1.29, 1.82) is 5.26 Å². The molecule has 4 rings (SSSR count). The van der Waals surface area contributed by atoms with Crippen molar-refractivity contribution in [2.45, 2.75) is 26.2 Å². The highest BCUT2D eigenvalue weighted by Gasteiger charge is 2.24. The molecule has 30 heavy (non-hydrogen) atoms. The predicted octanol–water partition coefficient (Wildman–Crippen LogP) is 1.76. The number of anilines is 1. The lowest BCUT2D eigenvalue weighted by Crippen LogP contribution is -2.39. The van der Waals surface area contributed by atoms with Crippen molar-refractivity contribution in [2.75, 3.05) is 44.3 Å². The highest BCUT2D eigenvalue weighted by Crippen LogP contribution is 2.22. The molecule has 2 fully saturated rings. The number of ether oxygens (including phenoxy) is 1. The van der Waals surface area contributed by atoms with E-state index in [4.69, 9.17) is 9.72 Å². The Morgan fingerprint density at radius 2 is 1.93 bits per heavy atom. The first-order valence-electron chi connectivity index (χ1n) is 10.4. The van der Waals surface area contributed by atoms with Crippen molar-refractivity contribution in [2.24, 2.45) is 0 Å². The topological polar surface area (TPSA) is 90.9 Å². The summed E-state index contributed by atoms with van der Waals surface area (Å²) in [4.78, 5) is 34.8. The minimum atomic E-state index is -0.320. The van der Waals surface area contributed by atoms with E-state index in [-0.39, 0.29) is 22.6 Å². The standard InChI is InChI=1S/C22H25N5O3/c1-16-6-5-9-27-19(16)24-20(25-10-12-30-13-11-25)18(22(27)29)14-17(15-23)21(28)26-7-3-2-4-8-26/h5-6,9,14H,2-4,7-8,10-13H2,1H3/b17-14+. The molecule has 0 radical (unpaired) electrons. The van der Waals surface area contributed by atoms with Crippen LogP contribution in [0.5, 0.6) is 0 Å². The number of carbonyl (C=O) groups is 1. The van der Waals surface area contributed by atoms with Gasteiger partial charge in [0.15, 0.2) is 0 Å².